The molecule has 7 heteroatoms. The van der Waals surface area contributed by atoms with E-state index in [0.29, 0.717) is 44.1 Å². The molecule has 0 saturated carbocycles. The summed E-state index contributed by atoms with van der Waals surface area (Å²) in [5.74, 6) is -0.109. The van der Waals surface area contributed by atoms with Gasteiger partial charge in [0, 0.05) is 51.0 Å². The number of carbonyl (C=O) groups is 2. The van der Waals surface area contributed by atoms with Gasteiger partial charge in [0.15, 0.2) is 6.29 Å². The zero-order chi connectivity index (χ0) is 30.9. The topological polar surface area (TPSA) is 68.3 Å². The van der Waals surface area contributed by atoms with Crippen LogP contribution >= 0.6 is 0 Å². The molecule has 0 saturated heterocycles. The van der Waals surface area contributed by atoms with Crippen LogP contribution in [0.5, 0.6) is 0 Å². The minimum atomic E-state index is -0.326. The Balaban J connectivity index is 1.29. The molecular formula is C36H50N2O5. The van der Waals surface area contributed by atoms with E-state index in [9.17, 15) is 9.59 Å². The maximum atomic E-state index is 12.8. The molecule has 0 heterocycles. The Kier molecular flexibility index (Phi) is 14.8. The summed E-state index contributed by atoms with van der Waals surface area (Å²) in [6.45, 7) is 11.6. The molecule has 234 valence electrons. The molecule has 1 atom stereocenters. The van der Waals surface area contributed by atoms with Crippen molar-refractivity contribution < 1.29 is 23.8 Å². The molecule has 0 radical (unpaired) electrons. The van der Waals surface area contributed by atoms with Crippen LogP contribution in [0.25, 0.3) is 0 Å². The van der Waals surface area contributed by atoms with Crippen molar-refractivity contribution in [2.75, 3.05) is 46.6 Å². The second-order valence-corrected chi connectivity index (χ2v) is 11.8. The van der Waals surface area contributed by atoms with Crippen molar-refractivity contribution in [2.24, 2.45) is 0 Å². The Morgan fingerprint density at radius 1 is 0.884 bits per heavy atom. The van der Waals surface area contributed by atoms with Gasteiger partial charge in [-0.2, -0.15) is 0 Å². The van der Waals surface area contributed by atoms with Crippen molar-refractivity contribution in [1.29, 1.82) is 0 Å². The molecule has 3 rings (SSSR count). The van der Waals surface area contributed by atoms with Crippen molar-refractivity contribution in [3.05, 3.63) is 95.1 Å². The summed E-state index contributed by atoms with van der Waals surface area (Å²) < 4.78 is 18.1. The van der Waals surface area contributed by atoms with E-state index in [2.05, 4.69) is 67.3 Å². The number of hydrogen-bond acceptors (Lipinski definition) is 6. The molecule has 1 unspecified atom stereocenters. The summed E-state index contributed by atoms with van der Waals surface area (Å²) in [7, 11) is 1.77. The highest BCUT2D eigenvalue weighted by atomic mass is 16.5. The van der Waals surface area contributed by atoms with Crippen LogP contribution in [-0.4, -0.2) is 80.3 Å². The highest BCUT2D eigenvalue weighted by Gasteiger charge is 2.21. The third-order valence-corrected chi connectivity index (χ3v) is 7.64. The summed E-state index contributed by atoms with van der Waals surface area (Å²) >= 11 is 0. The third kappa shape index (κ3) is 13.0. The van der Waals surface area contributed by atoms with Gasteiger partial charge in [-0.3, -0.25) is 14.5 Å². The lowest BCUT2D eigenvalue weighted by atomic mass is 9.97. The van der Waals surface area contributed by atoms with Crippen LogP contribution in [0.4, 0.5) is 0 Å². The van der Waals surface area contributed by atoms with Gasteiger partial charge in [-0.25, -0.2) is 0 Å². The molecule has 2 aromatic rings. The SMILES string of the molecule is CC(CCN(C)C(=O)C1=CCCC=C1C=O)OCCC(C)(C)OCCOCCN(Cc1ccccc1)Cc1ccccc1. The second-order valence-electron chi connectivity index (χ2n) is 11.8. The lowest BCUT2D eigenvalue weighted by molar-refractivity contribution is -0.126. The molecule has 43 heavy (non-hydrogen) atoms. The standard InChI is InChI=1S/C36H50N2O5/c1-30(19-21-37(4)35(40)34-18-12-11-17-33(34)29-39)42-23-20-36(2,3)43-26-25-41-24-22-38(27-31-13-7-5-8-14-31)28-32-15-9-6-10-16-32/h5-10,13-18,29-30H,11-12,19-28H2,1-4H3. The van der Waals surface area contributed by atoms with Gasteiger partial charge in [-0.05, 0) is 57.6 Å². The molecule has 0 aromatic heterocycles. The third-order valence-electron chi connectivity index (χ3n) is 7.64. The minimum absolute atomic E-state index is 0.00511. The smallest absolute Gasteiger partial charge is 0.253 e. The van der Waals surface area contributed by atoms with E-state index < -0.39 is 0 Å². The monoisotopic (exact) mass is 590 g/mol. The predicted molar refractivity (Wildman–Crippen MR) is 172 cm³/mol. The van der Waals surface area contributed by atoms with Crippen LogP contribution in [0.2, 0.25) is 0 Å². The van der Waals surface area contributed by atoms with Gasteiger partial charge in [-0.1, -0.05) is 72.8 Å². The van der Waals surface area contributed by atoms with E-state index in [1.807, 2.05) is 31.2 Å². The van der Waals surface area contributed by atoms with Crippen molar-refractivity contribution in [3.8, 4) is 0 Å². The number of amides is 1. The summed E-state index contributed by atoms with van der Waals surface area (Å²) in [6.07, 6.45) is 7.54. The molecule has 0 N–H and O–H groups in total. The van der Waals surface area contributed by atoms with Crippen LogP contribution in [0.1, 0.15) is 57.6 Å². The number of likely N-dealkylation sites (N-methyl/N-ethyl adjacent to an activating group) is 1. The predicted octanol–water partition coefficient (Wildman–Crippen LogP) is 5.99. The molecule has 0 spiro atoms. The first-order chi connectivity index (χ1) is 20.8. The highest BCUT2D eigenvalue weighted by molar-refractivity contribution is 6.05. The van der Waals surface area contributed by atoms with Gasteiger partial charge in [-0.15, -0.1) is 0 Å². The molecule has 1 aliphatic rings. The molecule has 1 amide bonds. The number of benzene rings is 2. The highest BCUT2D eigenvalue weighted by Crippen LogP contribution is 2.20. The number of rotatable bonds is 20. The summed E-state index contributed by atoms with van der Waals surface area (Å²) in [6, 6.07) is 21.1. The van der Waals surface area contributed by atoms with Gasteiger partial charge < -0.3 is 19.1 Å². The van der Waals surface area contributed by atoms with Crippen molar-refractivity contribution >= 4 is 12.2 Å². The Morgan fingerprint density at radius 2 is 1.51 bits per heavy atom. The molecule has 1 aliphatic carbocycles. The summed E-state index contributed by atoms with van der Waals surface area (Å²) in [4.78, 5) is 28.1. The minimum Gasteiger partial charge on any atom is -0.378 e. The van der Waals surface area contributed by atoms with Crippen LogP contribution in [0.15, 0.2) is 84.0 Å². The first-order valence-corrected chi connectivity index (χ1v) is 15.5. The fourth-order valence-corrected chi connectivity index (χ4v) is 4.93. The lowest BCUT2D eigenvalue weighted by Gasteiger charge is -2.27. The fraction of sp³-hybridized carbons (Fsp3) is 0.500. The fourth-order valence-electron chi connectivity index (χ4n) is 4.93. The maximum Gasteiger partial charge on any atom is 0.253 e. The number of hydrogen-bond donors (Lipinski definition) is 0. The Hall–Kier alpha value is -3.10. The van der Waals surface area contributed by atoms with Crippen molar-refractivity contribution in [3.63, 3.8) is 0 Å². The van der Waals surface area contributed by atoms with Gasteiger partial charge >= 0.3 is 0 Å². The quantitative estimate of drug-likeness (QED) is 0.139. The first-order valence-electron chi connectivity index (χ1n) is 15.5. The number of aldehydes is 1. The average molecular weight is 591 g/mol. The van der Waals surface area contributed by atoms with Crippen LogP contribution in [0.3, 0.4) is 0 Å². The number of carbonyl (C=O) groups excluding carboxylic acids is 2. The summed E-state index contributed by atoms with van der Waals surface area (Å²) in [5, 5.41) is 0. The molecule has 0 fully saturated rings. The second kappa shape index (κ2) is 18.5. The normalized spacial score (nSPS) is 14.3. The lowest BCUT2D eigenvalue weighted by Crippen LogP contribution is -2.33. The van der Waals surface area contributed by atoms with Crippen molar-refractivity contribution in [2.45, 2.75) is 71.2 Å². The van der Waals surface area contributed by atoms with Gasteiger partial charge in [0.25, 0.3) is 5.91 Å². The Bertz CT molecular complexity index is 1120. The van der Waals surface area contributed by atoms with E-state index in [1.165, 1.54) is 11.1 Å². The number of ether oxygens (including phenoxy) is 3. The number of allylic oxidation sites excluding steroid dienone is 2. The van der Waals surface area contributed by atoms with Crippen LogP contribution < -0.4 is 0 Å². The van der Waals surface area contributed by atoms with Gasteiger partial charge in [0.2, 0.25) is 0 Å². The van der Waals surface area contributed by atoms with E-state index in [4.69, 9.17) is 14.2 Å². The molecule has 7 nitrogen and oxygen atoms in total. The Morgan fingerprint density at radius 3 is 2.14 bits per heavy atom. The largest absolute Gasteiger partial charge is 0.378 e. The molecule has 0 bridgehead atoms. The zero-order valence-corrected chi connectivity index (χ0v) is 26.5. The Labute approximate surface area is 258 Å². The average Bonchev–Trinajstić information content (AvgIpc) is 3.02. The van der Waals surface area contributed by atoms with Gasteiger partial charge in [0.05, 0.1) is 31.5 Å². The van der Waals surface area contributed by atoms with Crippen LogP contribution in [-0.2, 0) is 36.9 Å². The van der Waals surface area contributed by atoms with E-state index in [1.54, 1.807) is 11.9 Å². The summed E-state index contributed by atoms with van der Waals surface area (Å²) in [5.41, 5.74) is 3.27. The molecular weight excluding hydrogens is 540 g/mol. The number of nitrogens with zero attached hydrogens (tertiary/aromatic N) is 2. The van der Waals surface area contributed by atoms with E-state index in [-0.39, 0.29) is 17.6 Å². The van der Waals surface area contributed by atoms with Crippen LogP contribution in [0, 0.1) is 0 Å². The molecule has 0 aliphatic heterocycles. The zero-order valence-electron chi connectivity index (χ0n) is 26.5. The van der Waals surface area contributed by atoms with E-state index in [0.717, 1.165) is 51.6 Å². The first kappa shape index (κ1) is 34.4. The molecule has 2 aromatic carbocycles. The maximum absolute atomic E-state index is 12.8. The van der Waals surface area contributed by atoms with Crippen molar-refractivity contribution in [1.82, 2.24) is 9.80 Å². The van der Waals surface area contributed by atoms with E-state index >= 15 is 0 Å². The van der Waals surface area contributed by atoms with Gasteiger partial charge in [0.1, 0.15) is 0 Å².